The zero-order valence-corrected chi connectivity index (χ0v) is 19.3. The molecule has 0 unspecified atom stereocenters. The molecular formula is C24H23N5O3S. The molecule has 0 fully saturated rings. The quantitative estimate of drug-likeness (QED) is 0.427. The number of methoxy groups -OCH3 is 1. The van der Waals surface area contributed by atoms with E-state index in [1.54, 1.807) is 68.8 Å². The van der Waals surface area contributed by atoms with E-state index < -0.39 is 10.0 Å². The third-order valence-corrected chi connectivity index (χ3v) is 7.23. The zero-order valence-electron chi connectivity index (χ0n) is 18.5. The van der Waals surface area contributed by atoms with Crippen molar-refractivity contribution in [1.82, 2.24) is 9.97 Å². The third-order valence-electron chi connectivity index (χ3n) is 5.45. The van der Waals surface area contributed by atoms with Crippen LogP contribution in [-0.2, 0) is 16.6 Å². The summed E-state index contributed by atoms with van der Waals surface area (Å²) in [5.74, 6) is 1.25. The summed E-state index contributed by atoms with van der Waals surface area (Å²) in [6, 6.07) is 19.2. The minimum Gasteiger partial charge on any atom is -0.495 e. The first-order valence-electron chi connectivity index (χ1n) is 10.2. The van der Waals surface area contributed by atoms with E-state index in [0.29, 0.717) is 34.9 Å². The first kappa shape index (κ1) is 22.2. The van der Waals surface area contributed by atoms with Crippen LogP contribution in [0.5, 0.6) is 5.75 Å². The van der Waals surface area contributed by atoms with Crippen LogP contribution in [0.1, 0.15) is 17.0 Å². The monoisotopic (exact) mass is 461 g/mol. The van der Waals surface area contributed by atoms with Crippen LogP contribution in [0, 0.1) is 18.3 Å². The molecule has 1 heterocycles. The molecule has 33 heavy (non-hydrogen) atoms. The molecule has 4 rings (SSSR count). The molecule has 9 heteroatoms. The summed E-state index contributed by atoms with van der Waals surface area (Å²) in [6.45, 7) is 2.25. The van der Waals surface area contributed by atoms with Crippen LogP contribution in [-0.4, -0.2) is 32.5 Å². The van der Waals surface area contributed by atoms with Gasteiger partial charge in [0.1, 0.15) is 11.6 Å². The standard InChI is InChI=1S/C24H23N5O3S/c1-16-21(29(2)33(30,31)18-7-5-4-6-8-18)12-11-20-24(16)28-23(27-20)15-26-19-10-9-17(14-25)13-22(19)32-3/h4-13,26H,15H2,1-3H3,(H,27,28). The highest BCUT2D eigenvalue weighted by molar-refractivity contribution is 7.92. The second kappa shape index (κ2) is 8.84. The van der Waals surface area contributed by atoms with Gasteiger partial charge in [0.15, 0.2) is 0 Å². The number of hydrogen-bond acceptors (Lipinski definition) is 6. The molecule has 1 aromatic heterocycles. The summed E-state index contributed by atoms with van der Waals surface area (Å²) in [5.41, 5.74) is 4.08. The molecule has 0 atom stereocenters. The van der Waals surface area contributed by atoms with Gasteiger partial charge in [0.2, 0.25) is 0 Å². The van der Waals surface area contributed by atoms with Gasteiger partial charge in [-0.1, -0.05) is 18.2 Å². The molecule has 2 N–H and O–H groups in total. The van der Waals surface area contributed by atoms with Gasteiger partial charge in [0, 0.05) is 18.7 Å². The topological polar surface area (TPSA) is 111 Å². The van der Waals surface area contributed by atoms with Crippen molar-refractivity contribution >= 4 is 32.4 Å². The zero-order chi connectivity index (χ0) is 23.6. The van der Waals surface area contributed by atoms with Crippen LogP contribution < -0.4 is 14.4 Å². The Balaban J connectivity index is 1.61. The fourth-order valence-corrected chi connectivity index (χ4v) is 4.92. The van der Waals surface area contributed by atoms with E-state index in [-0.39, 0.29) is 4.90 Å². The Labute approximate surface area is 192 Å². The van der Waals surface area contributed by atoms with Gasteiger partial charge >= 0.3 is 0 Å². The van der Waals surface area contributed by atoms with Crippen molar-refractivity contribution in [2.24, 2.45) is 0 Å². The fraction of sp³-hybridized carbons (Fsp3) is 0.167. The van der Waals surface area contributed by atoms with Crippen molar-refractivity contribution in [2.45, 2.75) is 18.4 Å². The molecule has 0 saturated heterocycles. The summed E-state index contributed by atoms with van der Waals surface area (Å²) in [5, 5.41) is 12.3. The average Bonchev–Trinajstić information content (AvgIpc) is 3.27. The van der Waals surface area contributed by atoms with Gasteiger partial charge in [-0.2, -0.15) is 5.26 Å². The Kier molecular flexibility index (Phi) is 5.94. The maximum absolute atomic E-state index is 13.0. The molecule has 4 aromatic rings. The number of anilines is 2. The Hall–Kier alpha value is -4.03. The van der Waals surface area contributed by atoms with Gasteiger partial charge in [-0.25, -0.2) is 13.4 Å². The molecule has 168 valence electrons. The molecule has 0 aliphatic heterocycles. The van der Waals surface area contributed by atoms with Crippen LogP contribution >= 0.6 is 0 Å². The molecule has 0 aliphatic carbocycles. The second-order valence-electron chi connectivity index (χ2n) is 7.46. The Bertz CT molecular complexity index is 1460. The van der Waals surface area contributed by atoms with Gasteiger partial charge < -0.3 is 15.0 Å². The average molecular weight is 462 g/mol. The number of aromatic amines is 1. The van der Waals surface area contributed by atoms with Crippen molar-refractivity contribution in [1.29, 1.82) is 5.26 Å². The highest BCUT2D eigenvalue weighted by Gasteiger charge is 2.23. The summed E-state index contributed by atoms with van der Waals surface area (Å²) in [7, 11) is -0.596. The number of nitrogens with zero attached hydrogens (tertiary/aromatic N) is 3. The first-order valence-corrected chi connectivity index (χ1v) is 11.6. The van der Waals surface area contributed by atoms with Crippen molar-refractivity contribution in [3.63, 3.8) is 0 Å². The molecule has 0 bridgehead atoms. The molecule has 3 aromatic carbocycles. The van der Waals surface area contributed by atoms with Gasteiger partial charge in [0.25, 0.3) is 10.0 Å². The van der Waals surface area contributed by atoms with E-state index in [0.717, 1.165) is 16.8 Å². The fourth-order valence-electron chi connectivity index (χ4n) is 3.64. The highest BCUT2D eigenvalue weighted by atomic mass is 32.2. The molecule has 0 saturated carbocycles. The van der Waals surface area contributed by atoms with Crippen LogP contribution in [0.3, 0.4) is 0 Å². The maximum Gasteiger partial charge on any atom is 0.264 e. The predicted octanol–water partition coefficient (Wildman–Crippen LogP) is 4.19. The number of nitrogens with one attached hydrogen (secondary N) is 2. The highest BCUT2D eigenvalue weighted by Crippen LogP contribution is 2.30. The number of imidazole rings is 1. The number of benzene rings is 3. The van der Waals surface area contributed by atoms with Crippen LogP contribution in [0.15, 0.2) is 65.6 Å². The number of H-pyrrole nitrogens is 1. The van der Waals surface area contributed by atoms with Gasteiger partial charge in [-0.3, -0.25) is 4.31 Å². The number of ether oxygens (including phenoxy) is 1. The van der Waals surface area contributed by atoms with E-state index in [4.69, 9.17) is 10.00 Å². The van der Waals surface area contributed by atoms with Crippen molar-refractivity contribution in [3.8, 4) is 11.8 Å². The minimum atomic E-state index is -3.69. The maximum atomic E-state index is 13.0. The lowest BCUT2D eigenvalue weighted by Gasteiger charge is -2.21. The molecule has 0 radical (unpaired) electrons. The molecule has 0 spiro atoms. The van der Waals surface area contributed by atoms with Gasteiger partial charge in [0.05, 0.1) is 52.6 Å². The van der Waals surface area contributed by atoms with E-state index in [1.807, 2.05) is 13.0 Å². The Morgan fingerprint density at radius 1 is 1.15 bits per heavy atom. The van der Waals surface area contributed by atoms with E-state index in [2.05, 4.69) is 21.4 Å². The van der Waals surface area contributed by atoms with Crippen molar-refractivity contribution in [2.75, 3.05) is 23.8 Å². The molecule has 8 nitrogen and oxygen atoms in total. The molecule has 0 amide bonds. The van der Waals surface area contributed by atoms with Crippen LogP contribution in [0.25, 0.3) is 11.0 Å². The predicted molar refractivity (Wildman–Crippen MR) is 128 cm³/mol. The second-order valence-corrected chi connectivity index (χ2v) is 9.42. The largest absolute Gasteiger partial charge is 0.495 e. The SMILES string of the molecule is COc1cc(C#N)ccc1NCc1nc2c(C)c(N(C)S(=O)(=O)c3ccccc3)ccc2[nH]1. The van der Waals surface area contributed by atoms with E-state index >= 15 is 0 Å². The van der Waals surface area contributed by atoms with Crippen molar-refractivity contribution in [3.05, 3.63) is 77.6 Å². The lowest BCUT2D eigenvalue weighted by Crippen LogP contribution is -2.27. The number of sulfonamides is 1. The van der Waals surface area contributed by atoms with Gasteiger partial charge in [-0.05, 0) is 43.3 Å². The van der Waals surface area contributed by atoms with Gasteiger partial charge in [-0.15, -0.1) is 0 Å². The van der Waals surface area contributed by atoms with Crippen LogP contribution in [0.4, 0.5) is 11.4 Å². The number of aryl methyl sites for hydroxylation is 1. The number of nitriles is 1. The summed E-state index contributed by atoms with van der Waals surface area (Å²) in [4.78, 5) is 8.18. The summed E-state index contributed by atoms with van der Waals surface area (Å²) >= 11 is 0. The number of aromatic nitrogens is 2. The number of rotatable bonds is 7. The Morgan fingerprint density at radius 3 is 2.61 bits per heavy atom. The minimum absolute atomic E-state index is 0.232. The smallest absolute Gasteiger partial charge is 0.264 e. The summed E-state index contributed by atoms with van der Waals surface area (Å²) in [6.07, 6.45) is 0. The lowest BCUT2D eigenvalue weighted by molar-refractivity contribution is 0.416. The van der Waals surface area contributed by atoms with E-state index in [1.165, 1.54) is 4.31 Å². The molecule has 0 aliphatic rings. The molecular weight excluding hydrogens is 438 g/mol. The summed E-state index contributed by atoms with van der Waals surface area (Å²) < 4.78 is 32.7. The third kappa shape index (κ3) is 4.21. The van der Waals surface area contributed by atoms with Crippen LogP contribution in [0.2, 0.25) is 0 Å². The normalized spacial score (nSPS) is 11.2. The van der Waals surface area contributed by atoms with Crippen molar-refractivity contribution < 1.29 is 13.2 Å². The first-order chi connectivity index (χ1) is 15.8. The number of hydrogen-bond donors (Lipinski definition) is 2. The lowest BCUT2D eigenvalue weighted by atomic mass is 10.1. The number of fused-ring (bicyclic) bond motifs is 1. The van der Waals surface area contributed by atoms with E-state index in [9.17, 15) is 8.42 Å². The Morgan fingerprint density at radius 2 is 1.91 bits per heavy atom.